The van der Waals surface area contributed by atoms with E-state index in [9.17, 15) is 4.79 Å². The van der Waals surface area contributed by atoms with Crippen molar-refractivity contribution >= 4 is 34.8 Å². The van der Waals surface area contributed by atoms with E-state index in [4.69, 9.17) is 21.1 Å². The Kier molecular flexibility index (Phi) is 3.77. The molecule has 0 atom stereocenters. The van der Waals surface area contributed by atoms with Gasteiger partial charge in [0, 0.05) is 27.8 Å². The Balaban J connectivity index is 2.08. The number of nitrogens with one attached hydrogen (secondary N) is 1. The molecule has 2 aromatic rings. The molecule has 0 saturated heterocycles. The molecule has 0 spiro atoms. The summed E-state index contributed by atoms with van der Waals surface area (Å²) in [6.45, 7) is 0. The predicted octanol–water partition coefficient (Wildman–Crippen LogP) is 3.85. The first-order chi connectivity index (χ1) is 10.6. The second kappa shape index (κ2) is 5.73. The van der Waals surface area contributed by atoms with Crippen LogP contribution in [0.2, 0.25) is 5.02 Å². The normalized spacial score (nSPS) is 14.7. The highest BCUT2D eigenvalue weighted by atomic mass is 35.5. The molecule has 5 heteroatoms. The van der Waals surface area contributed by atoms with Gasteiger partial charge in [-0.05, 0) is 30.3 Å². The van der Waals surface area contributed by atoms with Gasteiger partial charge in [0.25, 0.3) is 5.91 Å². The lowest BCUT2D eigenvalue weighted by Gasteiger charge is -2.08. The second-order valence-electron chi connectivity index (χ2n) is 4.81. The molecule has 112 valence electrons. The fraction of sp³-hybridized carbons (Fsp3) is 0.118. The molecular weight excluding hydrogens is 302 g/mol. The maximum atomic E-state index is 12.2. The Morgan fingerprint density at radius 2 is 1.91 bits per heavy atom. The van der Waals surface area contributed by atoms with Crippen LogP contribution in [-0.4, -0.2) is 20.1 Å². The fourth-order valence-corrected chi connectivity index (χ4v) is 2.58. The van der Waals surface area contributed by atoms with Crippen LogP contribution in [0.25, 0.3) is 11.6 Å². The Hall–Kier alpha value is -2.46. The lowest BCUT2D eigenvalue weighted by Crippen LogP contribution is -2.03. The summed E-state index contributed by atoms with van der Waals surface area (Å²) in [5.74, 6) is 1.18. The van der Waals surface area contributed by atoms with E-state index in [1.807, 2.05) is 18.2 Å². The summed E-state index contributed by atoms with van der Waals surface area (Å²) in [4.78, 5) is 12.2. The third-order valence-electron chi connectivity index (χ3n) is 3.51. The highest BCUT2D eigenvalue weighted by Gasteiger charge is 2.24. The average Bonchev–Trinajstić information content (AvgIpc) is 2.82. The number of hydrogen-bond donors (Lipinski definition) is 1. The molecule has 0 unspecified atom stereocenters. The summed E-state index contributed by atoms with van der Waals surface area (Å²) in [6, 6.07) is 10.8. The molecule has 1 N–H and O–H groups in total. The van der Waals surface area contributed by atoms with Crippen molar-refractivity contribution in [2.24, 2.45) is 0 Å². The molecule has 1 amide bonds. The number of amides is 1. The summed E-state index contributed by atoms with van der Waals surface area (Å²) >= 11 is 5.96. The van der Waals surface area contributed by atoms with Crippen LogP contribution >= 0.6 is 11.6 Å². The van der Waals surface area contributed by atoms with Crippen LogP contribution in [-0.2, 0) is 4.79 Å². The molecule has 2 aromatic carbocycles. The van der Waals surface area contributed by atoms with Crippen molar-refractivity contribution in [2.75, 3.05) is 19.5 Å². The molecule has 0 fully saturated rings. The molecule has 1 aliphatic heterocycles. The van der Waals surface area contributed by atoms with E-state index in [2.05, 4.69) is 5.32 Å². The van der Waals surface area contributed by atoms with Crippen LogP contribution in [0.15, 0.2) is 36.4 Å². The zero-order chi connectivity index (χ0) is 15.7. The maximum Gasteiger partial charge on any atom is 0.256 e. The first kappa shape index (κ1) is 14.5. The molecule has 0 radical (unpaired) electrons. The van der Waals surface area contributed by atoms with E-state index in [0.717, 1.165) is 16.8 Å². The minimum Gasteiger partial charge on any atom is -0.497 e. The molecule has 3 rings (SSSR count). The number of ether oxygens (including phenoxy) is 2. The van der Waals surface area contributed by atoms with Crippen molar-refractivity contribution in [3.8, 4) is 11.5 Å². The van der Waals surface area contributed by atoms with E-state index in [1.165, 1.54) is 0 Å². The van der Waals surface area contributed by atoms with Crippen molar-refractivity contribution in [3.05, 3.63) is 52.5 Å². The first-order valence-corrected chi connectivity index (χ1v) is 7.05. The number of rotatable bonds is 3. The van der Waals surface area contributed by atoms with Crippen LogP contribution in [0.3, 0.4) is 0 Å². The van der Waals surface area contributed by atoms with Crippen LogP contribution < -0.4 is 14.8 Å². The van der Waals surface area contributed by atoms with Gasteiger partial charge in [0.1, 0.15) is 11.5 Å². The molecular formula is C17H14ClNO3. The van der Waals surface area contributed by atoms with Crippen molar-refractivity contribution in [1.82, 2.24) is 0 Å². The minimum atomic E-state index is -0.157. The van der Waals surface area contributed by atoms with E-state index in [0.29, 0.717) is 22.1 Å². The van der Waals surface area contributed by atoms with Gasteiger partial charge in [0.15, 0.2) is 0 Å². The molecule has 0 saturated carbocycles. The molecule has 1 aliphatic rings. The molecule has 0 bridgehead atoms. The number of methoxy groups -OCH3 is 2. The lowest BCUT2D eigenvalue weighted by molar-refractivity contribution is -0.110. The number of halogens is 1. The topological polar surface area (TPSA) is 47.6 Å². The van der Waals surface area contributed by atoms with Crippen LogP contribution in [0.5, 0.6) is 11.5 Å². The van der Waals surface area contributed by atoms with Crippen molar-refractivity contribution < 1.29 is 14.3 Å². The summed E-state index contributed by atoms with van der Waals surface area (Å²) in [7, 11) is 3.18. The smallest absolute Gasteiger partial charge is 0.256 e. The van der Waals surface area contributed by atoms with Crippen molar-refractivity contribution in [1.29, 1.82) is 0 Å². The zero-order valence-electron chi connectivity index (χ0n) is 12.1. The van der Waals surface area contributed by atoms with Gasteiger partial charge in [-0.3, -0.25) is 4.79 Å². The molecule has 22 heavy (non-hydrogen) atoms. The number of carbonyl (C=O) groups excluding carboxylic acids is 1. The van der Waals surface area contributed by atoms with Gasteiger partial charge in [-0.15, -0.1) is 0 Å². The van der Waals surface area contributed by atoms with E-state index >= 15 is 0 Å². The summed E-state index contributed by atoms with van der Waals surface area (Å²) in [6.07, 6.45) is 1.80. The van der Waals surface area contributed by atoms with Crippen LogP contribution in [0, 0.1) is 0 Å². The quantitative estimate of drug-likeness (QED) is 0.875. The van der Waals surface area contributed by atoms with E-state index in [1.54, 1.807) is 38.5 Å². The van der Waals surface area contributed by atoms with Gasteiger partial charge in [-0.2, -0.15) is 0 Å². The standard InChI is InChI=1S/C17H14ClNO3/c1-21-12-5-3-10(16(9-12)22-2)7-14-13-6-4-11(18)8-15(13)19-17(14)20/h3-9H,1-2H3,(H,19,20). The molecule has 1 heterocycles. The monoisotopic (exact) mass is 315 g/mol. The van der Waals surface area contributed by atoms with Gasteiger partial charge in [0.05, 0.1) is 19.9 Å². The minimum absolute atomic E-state index is 0.157. The summed E-state index contributed by atoms with van der Waals surface area (Å²) < 4.78 is 10.5. The molecule has 0 aliphatic carbocycles. The molecule has 4 nitrogen and oxygen atoms in total. The third-order valence-corrected chi connectivity index (χ3v) is 3.74. The van der Waals surface area contributed by atoms with E-state index < -0.39 is 0 Å². The number of benzene rings is 2. The first-order valence-electron chi connectivity index (χ1n) is 6.67. The highest BCUT2D eigenvalue weighted by Crippen LogP contribution is 2.36. The van der Waals surface area contributed by atoms with Crippen molar-refractivity contribution in [3.63, 3.8) is 0 Å². The van der Waals surface area contributed by atoms with Crippen LogP contribution in [0.1, 0.15) is 11.1 Å². The second-order valence-corrected chi connectivity index (χ2v) is 5.25. The Morgan fingerprint density at radius 1 is 1.09 bits per heavy atom. The van der Waals surface area contributed by atoms with Crippen molar-refractivity contribution in [2.45, 2.75) is 0 Å². The zero-order valence-corrected chi connectivity index (χ0v) is 12.9. The van der Waals surface area contributed by atoms with Gasteiger partial charge in [-0.25, -0.2) is 0 Å². The van der Waals surface area contributed by atoms with Crippen LogP contribution in [0.4, 0.5) is 5.69 Å². The predicted molar refractivity (Wildman–Crippen MR) is 87.5 cm³/mol. The summed E-state index contributed by atoms with van der Waals surface area (Å²) in [5, 5.41) is 3.40. The summed E-state index contributed by atoms with van der Waals surface area (Å²) in [5.41, 5.74) is 2.93. The number of carbonyl (C=O) groups is 1. The Labute approximate surface area is 133 Å². The lowest BCUT2D eigenvalue weighted by atomic mass is 10.0. The number of fused-ring (bicyclic) bond motifs is 1. The highest BCUT2D eigenvalue weighted by molar-refractivity contribution is 6.36. The van der Waals surface area contributed by atoms with Gasteiger partial charge in [-0.1, -0.05) is 17.7 Å². The Bertz CT molecular complexity index is 783. The average molecular weight is 316 g/mol. The van der Waals surface area contributed by atoms with E-state index in [-0.39, 0.29) is 5.91 Å². The SMILES string of the molecule is COc1ccc(C=C2C(=O)Nc3cc(Cl)ccc32)c(OC)c1. The largest absolute Gasteiger partial charge is 0.497 e. The third kappa shape index (κ3) is 2.53. The fourth-order valence-electron chi connectivity index (χ4n) is 2.40. The number of anilines is 1. The van der Waals surface area contributed by atoms with Gasteiger partial charge < -0.3 is 14.8 Å². The maximum absolute atomic E-state index is 12.2. The number of hydrogen-bond acceptors (Lipinski definition) is 3. The Morgan fingerprint density at radius 3 is 2.64 bits per heavy atom. The van der Waals surface area contributed by atoms with Gasteiger partial charge in [0.2, 0.25) is 0 Å². The molecule has 0 aromatic heterocycles. The van der Waals surface area contributed by atoms with Gasteiger partial charge >= 0.3 is 0 Å².